The summed E-state index contributed by atoms with van der Waals surface area (Å²) in [6, 6.07) is 18.5. The van der Waals surface area contributed by atoms with E-state index in [-0.39, 0.29) is 0 Å². The maximum absolute atomic E-state index is 7.43. The summed E-state index contributed by atoms with van der Waals surface area (Å²) >= 11 is 0. The summed E-state index contributed by atoms with van der Waals surface area (Å²) in [5.74, 6) is 0.367. The van der Waals surface area contributed by atoms with Gasteiger partial charge in [0.05, 0.1) is 12.1 Å². The molecule has 0 radical (unpaired) electrons. The van der Waals surface area contributed by atoms with Gasteiger partial charge in [0.2, 0.25) is 0 Å². The Bertz CT molecular complexity index is 1040. The zero-order valence-electron chi connectivity index (χ0n) is 13.7. The molecule has 2 aromatic carbocycles. The first-order valence-corrected chi connectivity index (χ1v) is 8.06. The van der Waals surface area contributed by atoms with Crippen LogP contribution >= 0.6 is 0 Å². The molecule has 3 nitrogen and oxygen atoms in total. The van der Waals surface area contributed by atoms with Gasteiger partial charge in [0, 0.05) is 22.7 Å². The number of hydrogen-bond acceptors (Lipinski definition) is 1. The second-order valence-electron chi connectivity index (χ2n) is 6.28. The van der Waals surface area contributed by atoms with Crippen LogP contribution in [0.15, 0.2) is 60.8 Å². The zero-order chi connectivity index (χ0) is 16.7. The number of para-hydroxylation sites is 1. The Morgan fingerprint density at radius 1 is 1.00 bits per heavy atom. The van der Waals surface area contributed by atoms with Crippen molar-refractivity contribution in [2.24, 2.45) is 0 Å². The molecule has 4 aromatic rings. The van der Waals surface area contributed by atoms with Crippen LogP contribution in [0.25, 0.3) is 32.5 Å². The Labute approximate surface area is 141 Å². The van der Waals surface area contributed by atoms with Gasteiger partial charge in [-0.15, -0.1) is 0 Å². The molecule has 0 unspecified atom stereocenters. The van der Waals surface area contributed by atoms with E-state index in [1.165, 1.54) is 10.9 Å². The Morgan fingerprint density at radius 2 is 1.79 bits per heavy atom. The second-order valence-corrected chi connectivity index (χ2v) is 6.28. The minimum Gasteiger partial charge on any atom is -0.295 e. The topological polar surface area (TPSA) is 22.2 Å². The maximum atomic E-state index is 7.43. The molecule has 0 spiro atoms. The average Bonchev–Trinajstić information content (AvgIpc) is 2.96. The lowest BCUT2D eigenvalue weighted by atomic mass is 10.0. The van der Waals surface area contributed by atoms with Crippen molar-refractivity contribution in [1.82, 2.24) is 9.55 Å². The lowest BCUT2D eigenvalue weighted by molar-refractivity contribution is 0.865. The van der Waals surface area contributed by atoms with E-state index in [4.69, 9.17) is 6.57 Å². The Hall–Kier alpha value is -3.12. The van der Waals surface area contributed by atoms with Crippen molar-refractivity contribution in [2.45, 2.75) is 19.8 Å². The van der Waals surface area contributed by atoms with Crippen molar-refractivity contribution in [1.29, 1.82) is 0 Å². The molecule has 0 atom stereocenters. The molecule has 24 heavy (non-hydrogen) atoms. The van der Waals surface area contributed by atoms with Gasteiger partial charge >= 0.3 is 0 Å². The lowest BCUT2D eigenvalue weighted by Gasteiger charge is -2.12. The van der Waals surface area contributed by atoms with Gasteiger partial charge in [-0.1, -0.05) is 43.7 Å². The SMILES string of the molecule is [C-]#[N+]c1cc(C(C)C)cc(-n2c3ccccc3c3cccnc32)c1. The number of aromatic nitrogens is 2. The molecule has 0 fully saturated rings. The molecule has 0 bridgehead atoms. The van der Waals surface area contributed by atoms with Gasteiger partial charge in [-0.05, 0) is 36.2 Å². The summed E-state index contributed by atoms with van der Waals surface area (Å²) in [6.07, 6.45) is 1.82. The first kappa shape index (κ1) is 14.5. The van der Waals surface area contributed by atoms with Crippen LogP contribution < -0.4 is 0 Å². The van der Waals surface area contributed by atoms with E-state index >= 15 is 0 Å². The van der Waals surface area contributed by atoms with Crippen LogP contribution in [0.4, 0.5) is 5.69 Å². The number of nitrogens with zero attached hydrogens (tertiary/aromatic N) is 3. The van der Waals surface area contributed by atoms with E-state index in [0.29, 0.717) is 11.6 Å². The van der Waals surface area contributed by atoms with Crippen LogP contribution in [0.2, 0.25) is 0 Å². The van der Waals surface area contributed by atoms with E-state index in [0.717, 1.165) is 22.2 Å². The lowest BCUT2D eigenvalue weighted by Crippen LogP contribution is -1.97. The van der Waals surface area contributed by atoms with Crippen LogP contribution in [0.3, 0.4) is 0 Å². The third-order valence-electron chi connectivity index (χ3n) is 4.41. The van der Waals surface area contributed by atoms with Gasteiger partial charge in [-0.25, -0.2) is 9.83 Å². The quantitative estimate of drug-likeness (QED) is 0.425. The molecule has 0 amide bonds. The minimum atomic E-state index is 0.367. The third kappa shape index (κ3) is 2.16. The highest BCUT2D eigenvalue weighted by atomic mass is 15.0. The Kier molecular flexibility index (Phi) is 3.32. The molecule has 116 valence electrons. The highest BCUT2D eigenvalue weighted by molar-refractivity contribution is 6.07. The molecule has 4 rings (SSSR count). The Balaban J connectivity index is 2.13. The highest BCUT2D eigenvalue weighted by Crippen LogP contribution is 2.33. The summed E-state index contributed by atoms with van der Waals surface area (Å²) in [6.45, 7) is 11.7. The Morgan fingerprint density at radius 3 is 2.58 bits per heavy atom. The normalized spacial score (nSPS) is 11.2. The predicted octanol–water partition coefficient (Wildman–Crippen LogP) is 5.85. The van der Waals surface area contributed by atoms with Crippen molar-refractivity contribution >= 4 is 27.6 Å². The van der Waals surface area contributed by atoms with Crippen LogP contribution in [-0.2, 0) is 0 Å². The zero-order valence-corrected chi connectivity index (χ0v) is 13.7. The number of fused-ring (bicyclic) bond motifs is 3. The van der Waals surface area contributed by atoms with E-state index in [1.54, 1.807) is 0 Å². The largest absolute Gasteiger partial charge is 0.295 e. The molecule has 0 aliphatic heterocycles. The van der Waals surface area contributed by atoms with Gasteiger partial charge < -0.3 is 0 Å². The molecule has 2 heterocycles. The fourth-order valence-corrected chi connectivity index (χ4v) is 3.20. The summed E-state index contributed by atoms with van der Waals surface area (Å²) in [5.41, 5.74) is 4.87. The number of hydrogen-bond donors (Lipinski definition) is 0. The third-order valence-corrected chi connectivity index (χ3v) is 4.41. The van der Waals surface area contributed by atoms with Crippen molar-refractivity contribution in [3.05, 3.63) is 77.8 Å². The molecule has 3 heteroatoms. The van der Waals surface area contributed by atoms with E-state index in [2.05, 4.69) is 52.5 Å². The number of benzene rings is 2. The fraction of sp³-hybridized carbons (Fsp3) is 0.143. The van der Waals surface area contributed by atoms with Gasteiger partial charge in [-0.3, -0.25) is 4.57 Å². The number of pyridine rings is 1. The fourth-order valence-electron chi connectivity index (χ4n) is 3.20. The summed E-state index contributed by atoms with van der Waals surface area (Å²) in [5, 5.41) is 2.31. The van der Waals surface area contributed by atoms with Gasteiger partial charge in [-0.2, -0.15) is 0 Å². The van der Waals surface area contributed by atoms with Gasteiger partial charge in [0.25, 0.3) is 0 Å². The first-order valence-electron chi connectivity index (χ1n) is 8.06. The van der Waals surface area contributed by atoms with Crippen molar-refractivity contribution in [3.8, 4) is 5.69 Å². The summed E-state index contributed by atoms with van der Waals surface area (Å²) < 4.78 is 2.16. The van der Waals surface area contributed by atoms with Gasteiger partial charge in [0.15, 0.2) is 5.69 Å². The molecule has 0 aliphatic carbocycles. The maximum Gasteiger partial charge on any atom is 0.189 e. The molecule has 0 saturated carbocycles. The molecule has 0 saturated heterocycles. The van der Waals surface area contributed by atoms with Crippen molar-refractivity contribution < 1.29 is 0 Å². The molecule has 0 aliphatic rings. The molecular formula is C21H17N3. The number of rotatable bonds is 2. The summed E-state index contributed by atoms with van der Waals surface area (Å²) in [4.78, 5) is 8.27. The second kappa shape index (κ2) is 5.50. The van der Waals surface area contributed by atoms with Crippen LogP contribution in [0.1, 0.15) is 25.3 Å². The van der Waals surface area contributed by atoms with Crippen LogP contribution in [-0.4, -0.2) is 9.55 Å². The van der Waals surface area contributed by atoms with Crippen LogP contribution in [0.5, 0.6) is 0 Å². The molecule has 0 N–H and O–H groups in total. The molecular weight excluding hydrogens is 294 g/mol. The summed E-state index contributed by atoms with van der Waals surface area (Å²) in [7, 11) is 0. The smallest absolute Gasteiger partial charge is 0.189 e. The average molecular weight is 311 g/mol. The van der Waals surface area contributed by atoms with E-state index in [1.807, 2.05) is 36.5 Å². The standard InChI is InChI=1S/C21H17N3/c1-14(2)15-11-16(22-3)13-17(12-15)24-20-9-5-4-7-18(20)19-8-6-10-23-21(19)24/h4-14H,1-2H3. The van der Waals surface area contributed by atoms with E-state index < -0.39 is 0 Å². The minimum absolute atomic E-state index is 0.367. The van der Waals surface area contributed by atoms with Gasteiger partial charge in [0.1, 0.15) is 5.65 Å². The first-order chi connectivity index (χ1) is 11.7. The monoisotopic (exact) mass is 311 g/mol. The predicted molar refractivity (Wildman–Crippen MR) is 98.9 cm³/mol. The van der Waals surface area contributed by atoms with Crippen molar-refractivity contribution in [2.75, 3.05) is 0 Å². The highest BCUT2D eigenvalue weighted by Gasteiger charge is 2.14. The molecule has 2 aromatic heterocycles. The van der Waals surface area contributed by atoms with Crippen molar-refractivity contribution in [3.63, 3.8) is 0 Å². The van der Waals surface area contributed by atoms with Crippen LogP contribution in [0, 0.1) is 6.57 Å². The van der Waals surface area contributed by atoms with E-state index in [9.17, 15) is 0 Å².